The Hall–Kier alpha value is -1.32. The second-order valence-electron chi connectivity index (χ2n) is 5.62. The van der Waals surface area contributed by atoms with E-state index in [9.17, 15) is 0 Å². The Labute approximate surface area is 131 Å². The van der Waals surface area contributed by atoms with E-state index in [2.05, 4.69) is 41.0 Å². The highest BCUT2D eigenvalue weighted by Crippen LogP contribution is 2.35. The Morgan fingerprint density at radius 1 is 1.24 bits per heavy atom. The summed E-state index contributed by atoms with van der Waals surface area (Å²) in [5.74, 6) is 1.10. The van der Waals surface area contributed by atoms with Gasteiger partial charge in [-0.3, -0.25) is 0 Å². The van der Waals surface area contributed by atoms with Crippen LogP contribution in [0.25, 0.3) is 0 Å². The van der Waals surface area contributed by atoms with Crippen LogP contribution in [-0.2, 0) is 12.8 Å². The quantitative estimate of drug-likeness (QED) is 0.767. The van der Waals surface area contributed by atoms with Crippen molar-refractivity contribution in [1.29, 1.82) is 0 Å². The molecule has 3 heteroatoms. The molecule has 1 aliphatic carbocycles. The normalized spacial score (nSPS) is 14.9. The van der Waals surface area contributed by atoms with Crippen molar-refractivity contribution in [2.45, 2.75) is 38.2 Å². The maximum absolute atomic E-state index is 6.43. The van der Waals surface area contributed by atoms with Crippen molar-refractivity contribution in [2.24, 2.45) is 0 Å². The fourth-order valence-electron chi connectivity index (χ4n) is 3.05. The van der Waals surface area contributed by atoms with Gasteiger partial charge in [0.15, 0.2) is 0 Å². The molecule has 0 saturated heterocycles. The lowest BCUT2D eigenvalue weighted by atomic mass is 10.1. The Bertz CT molecular complexity index is 565. The maximum Gasteiger partial charge on any atom is 0.133 e. The smallest absolute Gasteiger partial charge is 0.133 e. The van der Waals surface area contributed by atoms with Crippen LogP contribution in [0.3, 0.4) is 0 Å². The summed E-state index contributed by atoms with van der Waals surface area (Å²) in [4.78, 5) is 1.33. The molecule has 3 rings (SSSR count). The van der Waals surface area contributed by atoms with Crippen molar-refractivity contribution in [2.75, 3.05) is 13.6 Å². The van der Waals surface area contributed by atoms with Crippen LogP contribution in [0.1, 0.15) is 41.4 Å². The largest absolute Gasteiger partial charge is 0.485 e. The van der Waals surface area contributed by atoms with E-state index in [4.69, 9.17) is 4.74 Å². The van der Waals surface area contributed by atoms with Crippen LogP contribution in [0.2, 0.25) is 0 Å². The molecular formula is C18H23NOS. The average Bonchev–Trinajstić information content (AvgIpc) is 3.18. The number of nitrogens with one attached hydrogen (secondary N) is 1. The summed E-state index contributed by atoms with van der Waals surface area (Å²) in [5, 5.41) is 5.36. The molecule has 0 aliphatic heterocycles. The van der Waals surface area contributed by atoms with E-state index in [-0.39, 0.29) is 6.10 Å². The molecule has 1 aromatic carbocycles. The predicted molar refractivity (Wildman–Crippen MR) is 89.3 cm³/mol. The zero-order valence-electron chi connectivity index (χ0n) is 12.6. The Balaban J connectivity index is 1.77. The van der Waals surface area contributed by atoms with Crippen molar-refractivity contribution in [3.8, 4) is 5.75 Å². The van der Waals surface area contributed by atoms with E-state index in [1.807, 2.05) is 7.05 Å². The molecule has 1 N–H and O–H groups in total. The molecule has 0 spiro atoms. The highest BCUT2D eigenvalue weighted by Gasteiger charge is 2.20. The zero-order valence-corrected chi connectivity index (χ0v) is 13.4. The first-order valence-electron chi connectivity index (χ1n) is 7.84. The number of hydrogen-bond acceptors (Lipinski definition) is 3. The Morgan fingerprint density at radius 2 is 2.19 bits per heavy atom. The predicted octanol–water partition coefficient (Wildman–Crippen LogP) is 4.36. The lowest BCUT2D eigenvalue weighted by Crippen LogP contribution is -2.12. The first kappa shape index (κ1) is 14.6. The topological polar surface area (TPSA) is 21.3 Å². The van der Waals surface area contributed by atoms with Crippen LogP contribution in [0.15, 0.2) is 35.7 Å². The van der Waals surface area contributed by atoms with E-state index in [1.165, 1.54) is 35.3 Å². The Kier molecular flexibility index (Phi) is 4.94. The lowest BCUT2D eigenvalue weighted by Gasteiger charge is -2.20. The molecule has 1 atom stereocenters. The van der Waals surface area contributed by atoms with Gasteiger partial charge in [0, 0.05) is 4.88 Å². The molecule has 2 nitrogen and oxygen atoms in total. The Morgan fingerprint density at radius 3 is 3.00 bits per heavy atom. The third-order valence-electron chi connectivity index (χ3n) is 4.13. The fourth-order valence-corrected chi connectivity index (χ4v) is 3.84. The summed E-state index contributed by atoms with van der Waals surface area (Å²) >= 11 is 1.80. The maximum atomic E-state index is 6.43. The van der Waals surface area contributed by atoms with Gasteiger partial charge in [-0.05, 0) is 74.3 Å². The number of hydrogen-bond donors (Lipinski definition) is 1. The summed E-state index contributed by atoms with van der Waals surface area (Å²) in [5.41, 5.74) is 2.92. The second-order valence-corrected chi connectivity index (χ2v) is 6.59. The van der Waals surface area contributed by atoms with Gasteiger partial charge in [-0.1, -0.05) is 18.2 Å². The zero-order chi connectivity index (χ0) is 14.5. The molecule has 1 heterocycles. The first-order valence-corrected chi connectivity index (χ1v) is 8.72. The van der Waals surface area contributed by atoms with Gasteiger partial charge < -0.3 is 10.1 Å². The number of rotatable bonds is 7. The minimum atomic E-state index is 0.186. The van der Waals surface area contributed by atoms with Gasteiger partial charge in [-0.25, -0.2) is 0 Å². The second kappa shape index (κ2) is 7.10. The molecule has 0 bridgehead atoms. The van der Waals surface area contributed by atoms with Gasteiger partial charge in [-0.15, -0.1) is 11.3 Å². The van der Waals surface area contributed by atoms with Crippen molar-refractivity contribution in [3.05, 3.63) is 51.7 Å². The molecule has 0 saturated carbocycles. The van der Waals surface area contributed by atoms with Gasteiger partial charge >= 0.3 is 0 Å². The van der Waals surface area contributed by atoms with Crippen molar-refractivity contribution in [1.82, 2.24) is 5.32 Å². The molecule has 0 radical (unpaired) electrons. The molecule has 0 fully saturated rings. The third kappa shape index (κ3) is 3.47. The molecule has 21 heavy (non-hydrogen) atoms. The molecule has 1 aromatic heterocycles. The molecule has 112 valence electrons. The van der Waals surface area contributed by atoms with Gasteiger partial charge in [-0.2, -0.15) is 0 Å². The van der Waals surface area contributed by atoms with E-state index >= 15 is 0 Å². The standard InChI is InChI=1S/C18H23NOS/c1-19-12-4-10-17(18-11-5-13-21-18)20-16-9-3-7-14-6-2-8-15(14)16/h3,5,7,9,11,13,17,19H,2,4,6,8,10,12H2,1H3/t17-/m1/s1. The highest BCUT2D eigenvalue weighted by atomic mass is 32.1. The molecule has 2 aromatic rings. The van der Waals surface area contributed by atoms with E-state index < -0.39 is 0 Å². The van der Waals surface area contributed by atoms with Gasteiger partial charge in [0.25, 0.3) is 0 Å². The summed E-state index contributed by atoms with van der Waals surface area (Å²) in [6.07, 6.45) is 6.01. The molecular weight excluding hydrogens is 278 g/mol. The fraction of sp³-hybridized carbons (Fsp3) is 0.444. The molecule has 1 aliphatic rings. The van der Waals surface area contributed by atoms with E-state index in [0.29, 0.717) is 0 Å². The minimum absolute atomic E-state index is 0.186. The van der Waals surface area contributed by atoms with Crippen LogP contribution in [0, 0.1) is 0 Å². The lowest BCUT2D eigenvalue weighted by molar-refractivity contribution is 0.194. The number of ether oxygens (including phenoxy) is 1. The van der Waals surface area contributed by atoms with Crippen molar-refractivity contribution in [3.63, 3.8) is 0 Å². The number of thiophene rings is 1. The third-order valence-corrected chi connectivity index (χ3v) is 5.09. The van der Waals surface area contributed by atoms with E-state index in [0.717, 1.165) is 25.1 Å². The van der Waals surface area contributed by atoms with Crippen LogP contribution in [0.5, 0.6) is 5.75 Å². The number of fused-ring (bicyclic) bond motifs is 1. The molecule has 0 unspecified atom stereocenters. The summed E-state index contributed by atoms with van der Waals surface area (Å²) in [6, 6.07) is 10.8. The summed E-state index contributed by atoms with van der Waals surface area (Å²) < 4.78 is 6.43. The van der Waals surface area contributed by atoms with Crippen molar-refractivity contribution < 1.29 is 4.74 Å². The van der Waals surface area contributed by atoms with Crippen LogP contribution < -0.4 is 10.1 Å². The number of aryl methyl sites for hydroxylation is 1. The van der Waals surface area contributed by atoms with Crippen LogP contribution >= 0.6 is 11.3 Å². The van der Waals surface area contributed by atoms with Crippen LogP contribution in [-0.4, -0.2) is 13.6 Å². The van der Waals surface area contributed by atoms with Gasteiger partial charge in [0.1, 0.15) is 11.9 Å². The first-order chi connectivity index (χ1) is 10.4. The summed E-state index contributed by atoms with van der Waals surface area (Å²) in [6.45, 7) is 1.04. The minimum Gasteiger partial charge on any atom is -0.485 e. The van der Waals surface area contributed by atoms with Crippen molar-refractivity contribution >= 4 is 11.3 Å². The average molecular weight is 301 g/mol. The van der Waals surface area contributed by atoms with E-state index in [1.54, 1.807) is 11.3 Å². The van der Waals surface area contributed by atoms with Gasteiger partial charge in [0.2, 0.25) is 0 Å². The number of benzene rings is 1. The highest BCUT2D eigenvalue weighted by molar-refractivity contribution is 7.10. The van der Waals surface area contributed by atoms with Gasteiger partial charge in [0.05, 0.1) is 0 Å². The van der Waals surface area contributed by atoms with Crippen LogP contribution in [0.4, 0.5) is 0 Å². The molecule has 0 amide bonds. The SMILES string of the molecule is CNCCC[C@@H](Oc1cccc2c1CCC2)c1cccs1. The monoisotopic (exact) mass is 301 g/mol. The summed E-state index contributed by atoms with van der Waals surface area (Å²) in [7, 11) is 2.01.